The van der Waals surface area contributed by atoms with Crippen LogP contribution >= 0.6 is 0 Å². The summed E-state index contributed by atoms with van der Waals surface area (Å²) in [5, 5.41) is 11.5. The van der Waals surface area contributed by atoms with Crippen LogP contribution in [0.3, 0.4) is 0 Å². The quantitative estimate of drug-likeness (QED) is 0.724. The summed E-state index contributed by atoms with van der Waals surface area (Å²) < 4.78 is 13.6. The van der Waals surface area contributed by atoms with E-state index in [0.717, 1.165) is 0 Å². The van der Waals surface area contributed by atoms with Crippen LogP contribution in [0.2, 0.25) is 0 Å². The number of amides is 1. The average Bonchev–Trinajstić information content (AvgIpc) is 2.43. The van der Waals surface area contributed by atoms with Crippen molar-refractivity contribution < 1.29 is 19.1 Å². The second-order valence-corrected chi connectivity index (χ2v) is 4.95. The third-order valence-corrected chi connectivity index (χ3v) is 3.22. The zero-order valence-electron chi connectivity index (χ0n) is 12.0. The lowest BCUT2D eigenvalue weighted by molar-refractivity contribution is -0.142. The minimum absolute atomic E-state index is 0.0405. The Labute approximate surface area is 123 Å². The highest BCUT2D eigenvalue weighted by Gasteiger charge is 2.21. The minimum Gasteiger partial charge on any atom is -0.480 e. The number of nitrogens with one attached hydrogen (secondary N) is 1. The van der Waals surface area contributed by atoms with E-state index in [1.807, 2.05) is 0 Å². The second kappa shape index (κ2) is 8.19. The number of hydrogen-bond acceptors (Lipinski definition) is 2. The lowest BCUT2D eigenvalue weighted by atomic mass is 9.96. The van der Waals surface area contributed by atoms with Gasteiger partial charge in [0.2, 0.25) is 5.91 Å². The number of halogens is 1. The van der Waals surface area contributed by atoms with E-state index < -0.39 is 17.9 Å². The summed E-state index contributed by atoms with van der Waals surface area (Å²) in [6.45, 7) is 5.26. The first-order valence-electron chi connectivity index (χ1n) is 6.83. The molecule has 2 N–H and O–H groups in total. The first kappa shape index (κ1) is 16.9. The first-order valence-corrected chi connectivity index (χ1v) is 6.83. The Morgan fingerprint density at radius 1 is 1.43 bits per heavy atom. The molecule has 1 aromatic rings. The van der Waals surface area contributed by atoms with Crippen molar-refractivity contribution in [2.45, 2.75) is 38.1 Å². The van der Waals surface area contributed by atoms with E-state index in [2.05, 4.69) is 11.9 Å². The van der Waals surface area contributed by atoms with Crippen molar-refractivity contribution in [3.05, 3.63) is 48.3 Å². The molecule has 2 atom stereocenters. The van der Waals surface area contributed by atoms with Crippen molar-refractivity contribution in [3.63, 3.8) is 0 Å². The lowest BCUT2D eigenvalue weighted by Crippen LogP contribution is -2.41. The molecule has 0 spiro atoms. The molecule has 21 heavy (non-hydrogen) atoms. The summed E-state index contributed by atoms with van der Waals surface area (Å²) in [7, 11) is 0. The van der Waals surface area contributed by atoms with Gasteiger partial charge >= 0.3 is 5.97 Å². The number of rotatable bonds is 8. The molecule has 1 aromatic carbocycles. The molecule has 0 aliphatic rings. The molecule has 0 radical (unpaired) electrons. The maximum atomic E-state index is 13.6. The monoisotopic (exact) mass is 293 g/mol. The maximum Gasteiger partial charge on any atom is 0.326 e. The van der Waals surface area contributed by atoms with Gasteiger partial charge in [0.05, 0.1) is 0 Å². The summed E-state index contributed by atoms with van der Waals surface area (Å²) in [4.78, 5) is 22.9. The Kier molecular flexibility index (Phi) is 6.59. The van der Waals surface area contributed by atoms with Crippen LogP contribution in [0.4, 0.5) is 4.39 Å². The van der Waals surface area contributed by atoms with E-state index >= 15 is 0 Å². The van der Waals surface area contributed by atoms with E-state index in [0.29, 0.717) is 18.4 Å². The molecule has 0 heterocycles. The third-order valence-electron chi connectivity index (χ3n) is 3.22. The fourth-order valence-electron chi connectivity index (χ4n) is 2.06. The third kappa shape index (κ3) is 5.38. The zero-order valence-corrected chi connectivity index (χ0v) is 12.0. The average molecular weight is 293 g/mol. The van der Waals surface area contributed by atoms with Gasteiger partial charge in [-0.15, -0.1) is 6.58 Å². The summed E-state index contributed by atoms with van der Waals surface area (Å²) in [6, 6.07) is 5.31. The molecular weight excluding hydrogens is 273 g/mol. The van der Waals surface area contributed by atoms with Crippen molar-refractivity contribution in [1.82, 2.24) is 5.32 Å². The molecule has 0 saturated carbocycles. The predicted octanol–water partition coefficient (Wildman–Crippen LogP) is 2.85. The van der Waals surface area contributed by atoms with E-state index in [4.69, 9.17) is 5.11 Å². The summed E-state index contributed by atoms with van der Waals surface area (Å²) >= 11 is 0. The van der Waals surface area contributed by atoms with Gasteiger partial charge < -0.3 is 10.4 Å². The Hall–Kier alpha value is -2.17. The first-order chi connectivity index (χ1) is 9.95. The van der Waals surface area contributed by atoms with Gasteiger partial charge in [-0.05, 0) is 30.4 Å². The number of aliphatic carboxylic acids is 1. The lowest BCUT2D eigenvalue weighted by Gasteiger charge is -2.16. The van der Waals surface area contributed by atoms with E-state index in [9.17, 15) is 14.0 Å². The summed E-state index contributed by atoms with van der Waals surface area (Å²) in [5.41, 5.74) is 0.450. The predicted molar refractivity (Wildman–Crippen MR) is 78.4 cm³/mol. The smallest absolute Gasteiger partial charge is 0.326 e. The van der Waals surface area contributed by atoms with E-state index in [-0.39, 0.29) is 18.2 Å². The number of carboxylic acid groups (broad SMARTS) is 1. The highest BCUT2D eigenvalue weighted by molar-refractivity contribution is 5.83. The molecule has 0 aliphatic carbocycles. The molecular formula is C16H20FNO3. The minimum atomic E-state index is -1.08. The standard InChI is InChI=1S/C16H20FNO3/c1-3-4-9-14(16(20)21)18-15(19)10-11(2)12-7-5-6-8-13(12)17/h3,5-8,11,14H,1,4,9-10H2,2H3,(H,18,19)(H,20,21). The van der Waals surface area contributed by atoms with Crippen molar-refractivity contribution in [2.24, 2.45) is 0 Å². The van der Waals surface area contributed by atoms with Gasteiger partial charge in [-0.25, -0.2) is 9.18 Å². The second-order valence-electron chi connectivity index (χ2n) is 4.95. The van der Waals surface area contributed by atoms with Gasteiger partial charge in [-0.2, -0.15) is 0 Å². The fraction of sp³-hybridized carbons (Fsp3) is 0.375. The largest absolute Gasteiger partial charge is 0.480 e. The molecule has 4 nitrogen and oxygen atoms in total. The van der Waals surface area contributed by atoms with Crippen LogP contribution in [-0.2, 0) is 9.59 Å². The van der Waals surface area contributed by atoms with Crippen LogP contribution in [0.1, 0.15) is 37.7 Å². The highest BCUT2D eigenvalue weighted by atomic mass is 19.1. The molecule has 1 amide bonds. The number of carbonyl (C=O) groups is 2. The molecule has 114 valence electrons. The van der Waals surface area contributed by atoms with Crippen LogP contribution in [0.5, 0.6) is 0 Å². The Morgan fingerprint density at radius 2 is 2.10 bits per heavy atom. The molecule has 5 heteroatoms. The fourth-order valence-corrected chi connectivity index (χ4v) is 2.06. The topological polar surface area (TPSA) is 66.4 Å². The van der Waals surface area contributed by atoms with Crippen molar-refractivity contribution in [3.8, 4) is 0 Å². The molecule has 2 unspecified atom stereocenters. The number of hydrogen-bond donors (Lipinski definition) is 2. The zero-order chi connectivity index (χ0) is 15.8. The Morgan fingerprint density at radius 3 is 2.67 bits per heavy atom. The van der Waals surface area contributed by atoms with Crippen LogP contribution < -0.4 is 5.32 Å². The summed E-state index contributed by atoms with van der Waals surface area (Å²) in [6.07, 6.45) is 2.43. The SMILES string of the molecule is C=CCCC(NC(=O)CC(C)c1ccccc1F)C(=O)O. The van der Waals surface area contributed by atoms with Gasteiger partial charge in [0.25, 0.3) is 0 Å². The Bertz CT molecular complexity index is 516. The van der Waals surface area contributed by atoms with Gasteiger partial charge in [0.1, 0.15) is 11.9 Å². The van der Waals surface area contributed by atoms with Gasteiger partial charge in [0, 0.05) is 6.42 Å². The highest BCUT2D eigenvalue weighted by Crippen LogP contribution is 2.21. The number of allylic oxidation sites excluding steroid dienone is 1. The van der Waals surface area contributed by atoms with Crippen LogP contribution in [0, 0.1) is 5.82 Å². The molecule has 0 aliphatic heterocycles. The molecule has 1 rings (SSSR count). The summed E-state index contributed by atoms with van der Waals surface area (Å²) in [5.74, 6) is -2.16. The van der Waals surface area contributed by atoms with Gasteiger partial charge in [0.15, 0.2) is 0 Å². The van der Waals surface area contributed by atoms with E-state index in [1.54, 1.807) is 31.2 Å². The van der Waals surface area contributed by atoms with Crippen molar-refractivity contribution in [1.29, 1.82) is 0 Å². The molecule has 0 bridgehead atoms. The van der Waals surface area contributed by atoms with Crippen LogP contribution in [0.25, 0.3) is 0 Å². The number of carboxylic acids is 1. The molecule has 0 fully saturated rings. The maximum absolute atomic E-state index is 13.6. The van der Waals surface area contributed by atoms with Crippen LogP contribution in [0.15, 0.2) is 36.9 Å². The Balaban J connectivity index is 2.61. The number of benzene rings is 1. The van der Waals surface area contributed by atoms with E-state index in [1.165, 1.54) is 6.07 Å². The number of carbonyl (C=O) groups excluding carboxylic acids is 1. The van der Waals surface area contributed by atoms with Crippen molar-refractivity contribution >= 4 is 11.9 Å². The normalized spacial score (nSPS) is 13.2. The van der Waals surface area contributed by atoms with Gasteiger partial charge in [-0.1, -0.05) is 31.2 Å². The van der Waals surface area contributed by atoms with Crippen molar-refractivity contribution in [2.75, 3.05) is 0 Å². The van der Waals surface area contributed by atoms with Gasteiger partial charge in [-0.3, -0.25) is 4.79 Å². The molecule has 0 aromatic heterocycles. The van der Waals surface area contributed by atoms with Crippen LogP contribution in [-0.4, -0.2) is 23.0 Å². The molecule has 0 saturated heterocycles.